The number of hydrogen-bond acceptors (Lipinski definition) is 4. The summed E-state index contributed by atoms with van der Waals surface area (Å²) in [5, 5.41) is 6.91. The SMILES string of the molecule is [N-]=[N+]=NC(=O)c1cccc(CF)c1COc1ccn(S)n1. The maximum absolute atomic E-state index is 13.0. The maximum Gasteiger partial charge on any atom is 0.249 e. The lowest BCUT2D eigenvalue weighted by molar-refractivity contribution is 0.0997. The first-order chi connectivity index (χ1) is 10.2. The van der Waals surface area contributed by atoms with E-state index in [-0.39, 0.29) is 18.1 Å². The number of carbonyl (C=O) groups excluding carboxylic acids is 1. The van der Waals surface area contributed by atoms with Crippen LogP contribution in [0.5, 0.6) is 5.88 Å². The second-order valence-corrected chi connectivity index (χ2v) is 4.34. The Morgan fingerprint density at radius 3 is 2.95 bits per heavy atom. The molecule has 1 aromatic heterocycles. The van der Waals surface area contributed by atoms with E-state index >= 15 is 0 Å². The lowest BCUT2D eigenvalue weighted by Gasteiger charge is -2.11. The number of nitrogens with zero attached hydrogens (tertiary/aromatic N) is 5. The number of rotatable bonds is 5. The maximum atomic E-state index is 13.0. The highest BCUT2D eigenvalue weighted by atomic mass is 32.1. The zero-order valence-electron chi connectivity index (χ0n) is 10.7. The van der Waals surface area contributed by atoms with Crippen molar-refractivity contribution in [3.05, 3.63) is 57.6 Å². The van der Waals surface area contributed by atoms with Crippen LogP contribution < -0.4 is 4.74 Å². The zero-order chi connectivity index (χ0) is 15.2. The molecule has 1 amide bonds. The van der Waals surface area contributed by atoms with Gasteiger partial charge in [-0.05, 0) is 29.0 Å². The molecule has 7 nitrogen and oxygen atoms in total. The summed E-state index contributed by atoms with van der Waals surface area (Å²) in [4.78, 5) is 14.2. The Hall–Kier alpha value is -2.51. The minimum absolute atomic E-state index is 0.0765. The second-order valence-electron chi connectivity index (χ2n) is 3.93. The predicted octanol–water partition coefficient (Wildman–Crippen LogP) is 3.08. The van der Waals surface area contributed by atoms with E-state index in [1.165, 1.54) is 22.3 Å². The molecule has 0 N–H and O–H groups in total. The minimum atomic E-state index is -0.786. The van der Waals surface area contributed by atoms with Gasteiger partial charge in [-0.3, -0.25) is 4.79 Å². The molecule has 0 radical (unpaired) electrons. The smallest absolute Gasteiger partial charge is 0.249 e. The van der Waals surface area contributed by atoms with Crippen LogP contribution in [0.15, 0.2) is 35.6 Å². The standard InChI is InChI=1S/C12H10FN5O2S/c13-6-8-2-1-3-9(12(19)15-17-14)10(8)7-20-11-4-5-18(21)16-11/h1-5,21H,6-7H2. The third-order valence-corrected chi connectivity index (χ3v) is 2.92. The molecule has 0 aliphatic rings. The van der Waals surface area contributed by atoms with E-state index in [0.717, 1.165) is 0 Å². The van der Waals surface area contributed by atoms with Crippen LogP contribution in [0.3, 0.4) is 0 Å². The van der Waals surface area contributed by atoms with Crippen LogP contribution in [0.2, 0.25) is 0 Å². The number of ether oxygens (including phenoxy) is 1. The molecule has 0 spiro atoms. The van der Waals surface area contributed by atoms with Gasteiger partial charge in [-0.2, -0.15) is 0 Å². The van der Waals surface area contributed by atoms with Crippen LogP contribution in [0.1, 0.15) is 21.5 Å². The molecule has 0 aliphatic heterocycles. The Morgan fingerprint density at radius 1 is 1.52 bits per heavy atom. The summed E-state index contributed by atoms with van der Waals surface area (Å²) in [6.07, 6.45) is 1.56. The average molecular weight is 307 g/mol. The topological polar surface area (TPSA) is 92.9 Å². The highest BCUT2D eigenvalue weighted by Crippen LogP contribution is 2.20. The number of thiol groups is 1. The molecule has 2 aromatic rings. The molecule has 0 saturated carbocycles. The van der Waals surface area contributed by atoms with Crippen LogP contribution in [0.4, 0.5) is 4.39 Å². The monoisotopic (exact) mass is 307 g/mol. The van der Waals surface area contributed by atoms with Crippen LogP contribution in [-0.4, -0.2) is 15.1 Å². The molecule has 21 heavy (non-hydrogen) atoms. The number of alkyl halides is 1. The van der Waals surface area contributed by atoms with Gasteiger partial charge in [-0.1, -0.05) is 18.2 Å². The van der Waals surface area contributed by atoms with E-state index in [9.17, 15) is 9.18 Å². The van der Waals surface area contributed by atoms with Crippen LogP contribution in [0, 0.1) is 0 Å². The summed E-state index contributed by atoms with van der Waals surface area (Å²) >= 11 is 3.96. The molecule has 0 saturated heterocycles. The van der Waals surface area contributed by atoms with Crippen LogP contribution in [-0.2, 0) is 13.3 Å². The van der Waals surface area contributed by atoms with E-state index < -0.39 is 12.6 Å². The van der Waals surface area contributed by atoms with Crippen LogP contribution in [0.25, 0.3) is 10.4 Å². The van der Waals surface area contributed by atoms with Gasteiger partial charge in [0, 0.05) is 28.3 Å². The van der Waals surface area contributed by atoms with Gasteiger partial charge in [0.2, 0.25) is 11.8 Å². The van der Waals surface area contributed by atoms with Gasteiger partial charge >= 0.3 is 0 Å². The van der Waals surface area contributed by atoms with Gasteiger partial charge in [0.05, 0.1) is 0 Å². The minimum Gasteiger partial charge on any atom is -0.472 e. The highest BCUT2D eigenvalue weighted by Gasteiger charge is 2.15. The van der Waals surface area contributed by atoms with Crippen molar-refractivity contribution in [1.29, 1.82) is 0 Å². The number of azide groups is 1. The summed E-state index contributed by atoms with van der Waals surface area (Å²) in [5.41, 5.74) is 9.06. The fraction of sp³-hybridized carbons (Fsp3) is 0.167. The predicted molar refractivity (Wildman–Crippen MR) is 75.7 cm³/mol. The molecule has 0 aliphatic carbocycles. The first-order valence-corrected chi connectivity index (χ1v) is 6.19. The van der Waals surface area contributed by atoms with E-state index in [1.807, 2.05) is 0 Å². The molecule has 0 unspecified atom stereocenters. The van der Waals surface area contributed by atoms with Gasteiger partial charge in [-0.15, -0.1) is 5.10 Å². The van der Waals surface area contributed by atoms with Crippen LogP contribution >= 0.6 is 12.8 Å². The molecular formula is C12H10FN5O2S. The first kappa shape index (κ1) is 14.9. The fourth-order valence-electron chi connectivity index (χ4n) is 1.75. The normalized spacial score (nSPS) is 10.0. The zero-order valence-corrected chi connectivity index (χ0v) is 11.6. The Bertz CT molecular complexity index is 711. The third kappa shape index (κ3) is 3.53. The van der Waals surface area contributed by atoms with Gasteiger partial charge in [0.25, 0.3) is 0 Å². The van der Waals surface area contributed by atoms with Crippen molar-refractivity contribution >= 4 is 18.7 Å². The summed E-state index contributed by atoms with van der Waals surface area (Å²) in [7, 11) is 0. The molecule has 9 heteroatoms. The van der Waals surface area contributed by atoms with Gasteiger partial charge in [0.1, 0.15) is 13.3 Å². The van der Waals surface area contributed by atoms with E-state index in [0.29, 0.717) is 11.1 Å². The van der Waals surface area contributed by atoms with Gasteiger partial charge in [0.15, 0.2) is 0 Å². The summed E-state index contributed by atoms with van der Waals surface area (Å²) < 4.78 is 19.7. The number of carbonyl (C=O) groups is 1. The van der Waals surface area contributed by atoms with Gasteiger partial charge < -0.3 is 4.74 Å². The summed E-state index contributed by atoms with van der Waals surface area (Å²) in [5.74, 6) is -0.507. The molecular weight excluding hydrogens is 297 g/mol. The largest absolute Gasteiger partial charge is 0.472 e. The van der Waals surface area contributed by atoms with Crippen molar-refractivity contribution in [2.45, 2.75) is 13.3 Å². The number of halogens is 1. The van der Waals surface area contributed by atoms with E-state index in [4.69, 9.17) is 10.3 Å². The molecule has 1 aromatic carbocycles. The summed E-state index contributed by atoms with van der Waals surface area (Å²) in [6.45, 7) is -0.843. The Kier molecular flexibility index (Phi) is 4.81. The number of benzene rings is 1. The molecule has 1 heterocycles. The summed E-state index contributed by atoms with van der Waals surface area (Å²) in [6, 6.07) is 6.07. The fourth-order valence-corrected chi connectivity index (χ4v) is 1.90. The van der Waals surface area contributed by atoms with Crippen molar-refractivity contribution in [3.63, 3.8) is 0 Å². The Morgan fingerprint density at radius 2 is 2.33 bits per heavy atom. The van der Waals surface area contributed by atoms with E-state index in [2.05, 4.69) is 27.9 Å². The van der Waals surface area contributed by atoms with Gasteiger partial charge in [-0.25, -0.2) is 8.48 Å². The number of amides is 1. The quantitative estimate of drug-likeness (QED) is 0.398. The second kappa shape index (κ2) is 6.78. The Labute approximate surface area is 124 Å². The number of aromatic nitrogens is 2. The molecule has 2 rings (SSSR count). The average Bonchev–Trinajstić information content (AvgIpc) is 2.90. The van der Waals surface area contributed by atoms with Crippen molar-refractivity contribution in [1.82, 2.24) is 9.19 Å². The highest BCUT2D eigenvalue weighted by molar-refractivity contribution is 7.78. The third-order valence-electron chi connectivity index (χ3n) is 2.70. The molecule has 0 fully saturated rings. The molecule has 0 bridgehead atoms. The van der Waals surface area contributed by atoms with Crippen molar-refractivity contribution in [2.24, 2.45) is 5.11 Å². The lowest BCUT2D eigenvalue weighted by atomic mass is 10.0. The molecule has 108 valence electrons. The first-order valence-electron chi connectivity index (χ1n) is 5.79. The molecule has 0 atom stereocenters. The van der Waals surface area contributed by atoms with E-state index in [1.54, 1.807) is 12.3 Å². The Balaban J connectivity index is 2.30. The number of hydrogen-bond donors (Lipinski definition) is 1. The van der Waals surface area contributed by atoms with Crippen molar-refractivity contribution < 1.29 is 13.9 Å². The van der Waals surface area contributed by atoms with Crippen molar-refractivity contribution in [2.75, 3.05) is 0 Å². The van der Waals surface area contributed by atoms with Crippen molar-refractivity contribution in [3.8, 4) is 5.88 Å². The lowest BCUT2D eigenvalue weighted by Crippen LogP contribution is -2.08.